The van der Waals surface area contributed by atoms with E-state index < -0.39 is 0 Å². The lowest BCUT2D eigenvalue weighted by Crippen LogP contribution is -2.38. The molecule has 0 radical (unpaired) electrons. The Bertz CT molecular complexity index is 354. The van der Waals surface area contributed by atoms with Gasteiger partial charge in [0.05, 0.1) is 6.33 Å². The number of nitrogens with one attached hydrogen (secondary N) is 1. The molecule has 1 amide bonds. The first-order valence-electron chi connectivity index (χ1n) is 5.14. The molecule has 1 N–H and O–H groups in total. The van der Waals surface area contributed by atoms with Crippen LogP contribution >= 0.6 is 0 Å². The lowest BCUT2D eigenvalue weighted by molar-refractivity contribution is 0.0738. The van der Waals surface area contributed by atoms with Crippen LogP contribution in [-0.2, 0) is 7.05 Å². The number of carbonyl (C=O) groups excluding carboxylic acids is 1. The Morgan fingerprint density at radius 3 is 3.07 bits per heavy atom. The third-order valence-electron chi connectivity index (χ3n) is 2.83. The van der Waals surface area contributed by atoms with E-state index in [9.17, 15) is 4.79 Å². The van der Waals surface area contributed by atoms with E-state index in [-0.39, 0.29) is 5.91 Å². The summed E-state index contributed by atoms with van der Waals surface area (Å²) in [5.74, 6) is 0.00398. The van der Waals surface area contributed by atoms with E-state index in [0.717, 1.165) is 19.5 Å². The minimum absolute atomic E-state index is 0.00398. The minimum Gasteiger partial charge on any atom is -0.340 e. The van der Waals surface area contributed by atoms with Gasteiger partial charge in [0.15, 0.2) is 0 Å². The van der Waals surface area contributed by atoms with Crippen LogP contribution in [-0.4, -0.2) is 46.5 Å². The third kappa shape index (κ3) is 2.02. The summed E-state index contributed by atoms with van der Waals surface area (Å²) in [6.45, 7) is 1.87. The summed E-state index contributed by atoms with van der Waals surface area (Å²) in [6.07, 6.45) is 4.42. The molecule has 82 valence electrons. The van der Waals surface area contributed by atoms with E-state index in [4.69, 9.17) is 0 Å². The summed E-state index contributed by atoms with van der Waals surface area (Å²) in [5, 5.41) is 3.25. The van der Waals surface area contributed by atoms with Gasteiger partial charge in [-0.25, -0.2) is 4.98 Å². The molecule has 1 aromatic heterocycles. The number of amides is 1. The van der Waals surface area contributed by atoms with E-state index >= 15 is 0 Å². The van der Waals surface area contributed by atoms with Crippen molar-refractivity contribution in [1.82, 2.24) is 19.8 Å². The molecule has 0 spiro atoms. The maximum atomic E-state index is 12.0. The second-order valence-electron chi connectivity index (χ2n) is 3.99. The molecular formula is C10H16N4O. The van der Waals surface area contributed by atoms with Crippen LogP contribution in [0.15, 0.2) is 12.5 Å². The first-order valence-corrected chi connectivity index (χ1v) is 5.14. The summed E-state index contributed by atoms with van der Waals surface area (Å²) in [6, 6.07) is 0.305. The van der Waals surface area contributed by atoms with Crippen LogP contribution in [0.3, 0.4) is 0 Å². The molecule has 1 aromatic rings. The zero-order valence-corrected chi connectivity index (χ0v) is 9.10. The van der Waals surface area contributed by atoms with Gasteiger partial charge in [-0.05, 0) is 13.0 Å². The van der Waals surface area contributed by atoms with Crippen molar-refractivity contribution in [3.05, 3.63) is 18.2 Å². The lowest BCUT2D eigenvalue weighted by atomic mass is 10.2. The molecule has 0 saturated carbocycles. The van der Waals surface area contributed by atoms with Gasteiger partial charge < -0.3 is 14.8 Å². The molecule has 1 unspecified atom stereocenters. The van der Waals surface area contributed by atoms with Crippen LogP contribution in [0.25, 0.3) is 0 Å². The van der Waals surface area contributed by atoms with Crippen molar-refractivity contribution in [3.63, 3.8) is 0 Å². The van der Waals surface area contributed by atoms with Crippen molar-refractivity contribution in [2.24, 2.45) is 7.05 Å². The van der Waals surface area contributed by atoms with Gasteiger partial charge in [-0.1, -0.05) is 0 Å². The summed E-state index contributed by atoms with van der Waals surface area (Å²) in [4.78, 5) is 17.8. The van der Waals surface area contributed by atoms with Crippen LogP contribution in [0.4, 0.5) is 0 Å². The Kier molecular flexibility index (Phi) is 2.73. The number of nitrogens with zero attached hydrogens (tertiary/aromatic N) is 3. The van der Waals surface area contributed by atoms with Gasteiger partial charge in [0, 0.05) is 32.9 Å². The maximum absolute atomic E-state index is 12.0. The molecule has 0 bridgehead atoms. The number of likely N-dealkylation sites (N-methyl/N-ethyl adjacent to an activating group) is 1. The molecule has 1 saturated heterocycles. The number of rotatable bonds is 2. The van der Waals surface area contributed by atoms with Crippen molar-refractivity contribution in [2.45, 2.75) is 12.5 Å². The van der Waals surface area contributed by atoms with Crippen molar-refractivity contribution < 1.29 is 4.79 Å². The lowest BCUT2D eigenvalue weighted by Gasteiger charge is -2.22. The molecule has 2 heterocycles. The van der Waals surface area contributed by atoms with Crippen molar-refractivity contribution in [1.29, 1.82) is 0 Å². The van der Waals surface area contributed by atoms with E-state index in [1.165, 1.54) is 0 Å². The Hall–Kier alpha value is -1.36. The average molecular weight is 208 g/mol. The second kappa shape index (κ2) is 4.02. The highest BCUT2D eigenvalue weighted by molar-refractivity contribution is 5.92. The SMILES string of the molecule is CN(C(=O)c1cn(C)cn1)C1CCNC1. The highest BCUT2D eigenvalue weighted by atomic mass is 16.2. The molecular weight excluding hydrogens is 192 g/mol. The number of imidazole rings is 1. The summed E-state index contributed by atoms with van der Waals surface area (Å²) >= 11 is 0. The van der Waals surface area contributed by atoms with Crippen LogP contribution < -0.4 is 5.32 Å². The van der Waals surface area contributed by atoms with Crippen molar-refractivity contribution in [2.75, 3.05) is 20.1 Å². The average Bonchev–Trinajstić information content (AvgIpc) is 2.85. The zero-order valence-electron chi connectivity index (χ0n) is 9.10. The molecule has 15 heavy (non-hydrogen) atoms. The second-order valence-corrected chi connectivity index (χ2v) is 3.99. The van der Waals surface area contributed by atoms with Crippen molar-refractivity contribution in [3.8, 4) is 0 Å². The highest BCUT2D eigenvalue weighted by Gasteiger charge is 2.24. The topological polar surface area (TPSA) is 50.2 Å². The molecule has 1 aliphatic heterocycles. The summed E-state index contributed by atoms with van der Waals surface area (Å²) in [7, 11) is 3.70. The van der Waals surface area contributed by atoms with Gasteiger partial charge in [0.2, 0.25) is 0 Å². The summed E-state index contributed by atoms with van der Waals surface area (Å²) < 4.78 is 1.79. The van der Waals surface area contributed by atoms with Crippen LogP contribution in [0, 0.1) is 0 Å². The Morgan fingerprint density at radius 2 is 2.53 bits per heavy atom. The molecule has 1 aliphatic rings. The smallest absolute Gasteiger partial charge is 0.274 e. The van der Waals surface area contributed by atoms with Gasteiger partial charge in [0.1, 0.15) is 5.69 Å². The zero-order chi connectivity index (χ0) is 10.8. The number of hydrogen-bond donors (Lipinski definition) is 1. The minimum atomic E-state index is 0.00398. The van der Waals surface area contributed by atoms with Crippen LogP contribution in [0.1, 0.15) is 16.9 Å². The van der Waals surface area contributed by atoms with Crippen LogP contribution in [0.5, 0.6) is 0 Å². The van der Waals surface area contributed by atoms with E-state index in [2.05, 4.69) is 10.3 Å². The number of carbonyl (C=O) groups is 1. The van der Waals surface area contributed by atoms with Gasteiger partial charge >= 0.3 is 0 Å². The van der Waals surface area contributed by atoms with Gasteiger partial charge in [-0.15, -0.1) is 0 Å². The molecule has 5 heteroatoms. The van der Waals surface area contributed by atoms with Gasteiger partial charge in [-0.3, -0.25) is 4.79 Å². The summed E-state index contributed by atoms with van der Waals surface area (Å²) in [5.41, 5.74) is 0.520. The Morgan fingerprint density at radius 1 is 1.73 bits per heavy atom. The molecule has 0 aliphatic carbocycles. The first kappa shape index (κ1) is 10.2. The number of aromatic nitrogens is 2. The van der Waals surface area contributed by atoms with E-state index in [1.807, 2.05) is 14.1 Å². The first-order chi connectivity index (χ1) is 7.18. The highest BCUT2D eigenvalue weighted by Crippen LogP contribution is 2.09. The fourth-order valence-corrected chi connectivity index (χ4v) is 1.84. The number of hydrogen-bond acceptors (Lipinski definition) is 3. The molecule has 1 fully saturated rings. The largest absolute Gasteiger partial charge is 0.340 e. The molecule has 5 nitrogen and oxygen atoms in total. The maximum Gasteiger partial charge on any atom is 0.274 e. The van der Waals surface area contributed by atoms with Gasteiger partial charge in [-0.2, -0.15) is 0 Å². The molecule has 1 atom stereocenters. The standard InChI is InChI=1S/C10H16N4O/c1-13-6-9(12-7-13)10(15)14(2)8-3-4-11-5-8/h6-8,11H,3-5H2,1-2H3. The predicted molar refractivity (Wildman–Crippen MR) is 56.6 cm³/mol. The molecule has 0 aromatic carbocycles. The monoisotopic (exact) mass is 208 g/mol. The van der Waals surface area contributed by atoms with Crippen molar-refractivity contribution >= 4 is 5.91 Å². The third-order valence-corrected chi connectivity index (χ3v) is 2.83. The Labute approximate surface area is 89.1 Å². The Balaban J connectivity index is 2.06. The van der Waals surface area contributed by atoms with E-state index in [1.54, 1.807) is 22.0 Å². The quantitative estimate of drug-likeness (QED) is 0.735. The van der Waals surface area contributed by atoms with Gasteiger partial charge in [0.25, 0.3) is 5.91 Å². The fraction of sp³-hybridized carbons (Fsp3) is 0.600. The fourth-order valence-electron chi connectivity index (χ4n) is 1.84. The molecule has 2 rings (SSSR count). The van der Waals surface area contributed by atoms with E-state index in [0.29, 0.717) is 11.7 Å². The normalized spacial score (nSPS) is 20.5. The predicted octanol–water partition coefficient (Wildman–Crippen LogP) is -0.146. The number of aryl methyl sites for hydroxylation is 1. The van der Waals surface area contributed by atoms with Crippen LogP contribution in [0.2, 0.25) is 0 Å².